The summed E-state index contributed by atoms with van der Waals surface area (Å²) >= 11 is 0. The van der Waals surface area contributed by atoms with Gasteiger partial charge in [0.15, 0.2) is 0 Å². The average Bonchev–Trinajstić information content (AvgIpc) is 3.24. The summed E-state index contributed by atoms with van der Waals surface area (Å²) in [5.74, 6) is 6.00. The molecular formula is C55H60N2P2. The van der Waals surface area contributed by atoms with Crippen molar-refractivity contribution in [2.75, 3.05) is 0 Å². The minimum atomic E-state index is -0.886. The van der Waals surface area contributed by atoms with Crippen LogP contribution in [0.3, 0.4) is 0 Å². The van der Waals surface area contributed by atoms with Crippen molar-refractivity contribution < 1.29 is 0 Å². The van der Waals surface area contributed by atoms with Crippen LogP contribution in [0.25, 0.3) is 21.8 Å². The minimum Gasteiger partial charge on any atom is -0.248 e. The molecule has 0 unspecified atom stereocenters. The van der Waals surface area contributed by atoms with Crippen LogP contribution in [0.1, 0.15) is 113 Å². The predicted molar refractivity (Wildman–Crippen MR) is 251 cm³/mol. The molecule has 0 saturated heterocycles. The van der Waals surface area contributed by atoms with Crippen molar-refractivity contribution in [1.82, 2.24) is 9.97 Å². The Bertz CT molecular complexity index is 2350. The highest BCUT2D eigenvalue weighted by Crippen LogP contribution is 2.79. The van der Waals surface area contributed by atoms with Crippen LogP contribution in [-0.2, 0) is 17.7 Å². The van der Waals surface area contributed by atoms with E-state index in [9.17, 15) is 0 Å². The van der Waals surface area contributed by atoms with Gasteiger partial charge in [-0.2, -0.15) is 0 Å². The highest BCUT2D eigenvalue weighted by atomic mass is 31.1. The van der Waals surface area contributed by atoms with E-state index in [1.807, 2.05) is 0 Å². The highest BCUT2D eigenvalue weighted by Gasteiger charge is 2.62. The van der Waals surface area contributed by atoms with E-state index in [1.54, 1.807) is 88.2 Å². The Hall–Kier alpha value is -3.44. The Morgan fingerprint density at radius 2 is 0.932 bits per heavy atom. The van der Waals surface area contributed by atoms with E-state index in [-0.39, 0.29) is 13.3 Å². The molecule has 300 valence electrons. The molecular weight excluding hydrogens is 751 g/mol. The first kappa shape index (κ1) is 37.3. The molecule has 0 radical (unpaired) electrons. The van der Waals surface area contributed by atoms with Crippen molar-refractivity contribution in [3.05, 3.63) is 144 Å². The lowest BCUT2D eigenvalue weighted by Gasteiger charge is -2.67. The molecule has 0 atom stereocenters. The molecule has 14 rings (SSSR count). The summed E-state index contributed by atoms with van der Waals surface area (Å²) in [4.78, 5) is 11.0. The maximum absolute atomic E-state index is 5.48. The quantitative estimate of drug-likeness (QED) is 0.129. The average molecular weight is 811 g/mol. The van der Waals surface area contributed by atoms with E-state index in [4.69, 9.17) is 9.97 Å². The fraction of sp³-hybridized carbons (Fsp3) is 0.455. The van der Waals surface area contributed by atoms with Gasteiger partial charge >= 0.3 is 0 Å². The van der Waals surface area contributed by atoms with Gasteiger partial charge in [-0.25, -0.2) is 9.97 Å². The van der Waals surface area contributed by atoms with Gasteiger partial charge in [-0.3, -0.25) is 0 Å². The van der Waals surface area contributed by atoms with Gasteiger partial charge in [0.1, 0.15) is 0 Å². The lowest BCUT2D eigenvalue weighted by Crippen LogP contribution is -2.56. The summed E-state index contributed by atoms with van der Waals surface area (Å²) < 4.78 is 0. The predicted octanol–water partition coefficient (Wildman–Crippen LogP) is 13.7. The molecule has 59 heavy (non-hydrogen) atoms. The minimum absolute atomic E-state index is 0.107. The molecule has 8 aliphatic carbocycles. The summed E-state index contributed by atoms with van der Waals surface area (Å²) in [5.41, 5.74) is 10.5. The van der Waals surface area contributed by atoms with Gasteiger partial charge < -0.3 is 0 Å². The molecule has 8 saturated carbocycles. The first-order chi connectivity index (χ1) is 28.8. The zero-order valence-electron chi connectivity index (χ0n) is 35.2. The number of fused-ring (bicyclic) bond motifs is 2. The van der Waals surface area contributed by atoms with E-state index >= 15 is 0 Å². The summed E-state index contributed by atoms with van der Waals surface area (Å²) in [6.45, 7) is 4.88. The molecule has 0 aliphatic heterocycles. The van der Waals surface area contributed by atoms with Crippen LogP contribution in [0, 0.1) is 35.5 Å². The molecule has 0 N–H and O–H groups in total. The summed E-state index contributed by atoms with van der Waals surface area (Å²) in [6, 6.07) is 45.8. The second-order valence-electron chi connectivity index (χ2n) is 21.2. The van der Waals surface area contributed by atoms with Crippen molar-refractivity contribution in [3.63, 3.8) is 0 Å². The van der Waals surface area contributed by atoms with E-state index in [2.05, 4.69) is 135 Å². The molecule has 4 heteroatoms. The maximum atomic E-state index is 5.48. The van der Waals surface area contributed by atoms with Crippen LogP contribution < -0.4 is 10.9 Å². The second-order valence-corrected chi connectivity index (χ2v) is 26.3. The molecule has 8 fully saturated rings. The summed E-state index contributed by atoms with van der Waals surface area (Å²) in [7, 11) is -1.07. The highest BCUT2D eigenvalue weighted by molar-refractivity contribution is 7.71. The molecule has 4 aromatic carbocycles. The third kappa shape index (κ3) is 6.56. The van der Waals surface area contributed by atoms with E-state index in [0.717, 1.165) is 52.7 Å². The monoisotopic (exact) mass is 810 g/mol. The van der Waals surface area contributed by atoms with Crippen LogP contribution in [0.15, 0.2) is 121 Å². The van der Waals surface area contributed by atoms with Gasteiger partial charge in [-0.05, 0) is 176 Å². The lowest BCUT2D eigenvalue weighted by atomic mass is 9.55. The van der Waals surface area contributed by atoms with Crippen molar-refractivity contribution in [1.29, 1.82) is 0 Å². The van der Waals surface area contributed by atoms with Crippen LogP contribution in [0.5, 0.6) is 0 Å². The van der Waals surface area contributed by atoms with E-state index in [0.29, 0.717) is 10.3 Å². The Balaban J connectivity index is 1.02. The molecule has 2 nitrogen and oxygen atoms in total. The third-order valence-corrected chi connectivity index (χ3v) is 23.3. The zero-order valence-corrected chi connectivity index (χ0v) is 37.0. The Morgan fingerprint density at radius 3 is 1.42 bits per heavy atom. The molecule has 6 aromatic rings. The fourth-order valence-corrected chi connectivity index (χ4v) is 22.4. The van der Waals surface area contributed by atoms with Gasteiger partial charge in [-0.15, -0.1) is 0 Å². The van der Waals surface area contributed by atoms with Gasteiger partial charge in [0.25, 0.3) is 0 Å². The maximum Gasteiger partial charge on any atom is 0.0709 e. The van der Waals surface area contributed by atoms with Gasteiger partial charge in [-0.1, -0.05) is 119 Å². The Morgan fingerprint density at radius 1 is 0.475 bits per heavy atom. The number of benzene rings is 4. The standard InChI is InChI=1S/C55H60N2P2/c1-53(2,47-12-4-3-5-13-47)48-19-16-45(36-59(54-29-37-22-38(30-54)24-39(23-37)31-54)55-32-40-25-41(33-55)27-42(26-40)34-55)46(28-48)35-58(51-20-17-43-10-6-8-14-49(43)56-51)52-21-18-44-11-7-9-15-50(44)57-52/h3-21,28,37-42H,22-27,29-36H2,1-2H3. The SMILES string of the molecule is CC(C)(c1ccccc1)c1ccc(CP(C23CC4CC(CC(C4)C2)C3)C23CC4CC(CC(C4)C2)C3)c(CP(c2ccc3ccccc3n2)c2ccc3ccccc3n2)c1. The van der Waals surface area contributed by atoms with Crippen molar-refractivity contribution in [2.45, 2.75) is 119 Å². The largest absolute Gasteiger partial charge is 0.248 e. The molecule has 2 heterocycles. The normalized spacial score (nSPS) is 31.1. The number of para-hydroxylation sites is 2. The lowest BCUT2D eigenvalue weighted by molar-refractivity contribution is 0.0184. The summed E-state index contributed by atoms with van der Waals surface area (Å²) in [5, 5.41) is 3.61. The van der Waals surface area contributed by atoms with Crippen molar-refractivity contribution in [3.8, 4) is 0 Å². The summed E-state index contributed by atoms with van der Waals surface area (Å²) in [6.07, 6.45) is 20.9. The second kappa shape index (κ2) is 14.3. The first-order valence-electron chi connectivity index (χ1n) is 23.2. The number of hydrogen-bond donors (Lipinski definition) is 0. The topological polar surface area (TPSA) is 25.8 Å². The number of rotatable bonds is 10. The number of aromatic nitrogens is 2. The molecule has 8 aliphatic rings. The zero-order chi connectivity index (χ0) is 39.3. The van der Waals surface area contributed by atoms with Crippen molar-refractivity contribution in [2.24, 2.45) is 35.5 Å². The molecule has 0 spiro atoms. The van der Waals surface area contributed by atoms with E-state index in [1.165, 1.54) is 38.9 Å². The van der Waals surface area contributed by atoms with Crippen LogP contribution in [0.4, 0.5) is 0 Å². The molecule has 8 bridgehead atoms. The smallest absolute Gasteiger partial charge is 0.0709 e. The van der Waals surface area contributed by atoms with Crippen molar-refractivity contribution >= 4 is 48.5 Å². The van der Waals surface area contributed by atoms with Gasteiger partial charge in [0.05, 0.1) is 21.9 Å². The number of hydrogen-bond acceptors (Lipinski definition) is 2. The Labute approximate surface area is 354 Å². The molecule has 2 aromatic heterocycles. The van der Waals surface area contributed by atoms with Gasteiger partial charge in [0.2, 0.25) is 0 Å². The van der Waals surface area contributed by atoms with E-state index < -0.39 is 7.92 Å². The fourth-order valence-electron chi connectivity index (χ4n) is 15.0. The van der Waals surface area contributed by atoms with Crippen LogP contribution in [-0.4, -0.2) is 20.3 Å². The van der Waals surface area contributed by atoms with Gasteiger partial charge in [0, 0.05) is 30.3 Å². The van der Waals surface area contributed by atoms with Crippen LogP contribution in [0.2, 0.25) is 0 Å². The Kier molecular flexibility index (Phi) is 9.06. The molecule has 0 amide bonds. The first-order valence-corrected chi connectivity index (χ1v) is 26.3. The number of nitrogens with zero attached hydrogens (tertiary/aromatic N) is 2. The van der Waals surface area contributed by atoms with Crippen LogP contribution >= 0.6 is 15.8 Å². The number of pyridine rings is 2. The third-order valence-electron chi connectivity index (χ3n) is 17.0.